The van der Waals surface area contributed by atoms with Crippen LogP contribution < -0.4 is 16.4 Å². The van der Waals surface area contributed by atoms with Crippen LogP contribution in [0.1, 0.15) is 54.4 Å². The number of hydrogen-bond donors (Lipinski definition) is 4. The van der Waals surface area contributed by atoms with Gasteiger partial charge in [-0.15, -0.1) is 0 Å². The van der Waals surface area contributed by atoms with Crippen LogP contribution in [0, 0.1) is 6.92 Å². The topological polar surface area (TPSA) is 195 Å². The molecule has 0 aliphatic heterocycles. The van der Waals surface area contributed by atoms with E-state index in [2.05, 4.69) is 25.7 Å². The number of carbonyl (C=O) groups is 4. The van der Waals surface area contributed by atoms with Gasteiger partial charge in [0.2, 0.25) is 5.91 Å². The molecule has 5 aromatic rings. The second-order valence-corrected chi connectivity index (χ2v) is 8.58. The van der Waals surface area contributed by atoms with Gasteiger partial charge in [0.05, 0.1) is 11.8 Å². The minimum Gasteiger partial charge on any atom is -0.478 e. The van der Waals surface area contributed by atoms with Crippen LogP contribution in [0.15, 0.2) is 65.2 Å². The molecule has 0 saturated heterocycles. The van der Waals surface area contributed by atoms with Crippen LogP contribution in [0.2, 0.25) is 0 Å². The molecular formula is C26H21N7O6. The van der Waals surface area contributed by atoms with Gasteiger partial charge in [0.15, 0.2) is 17.1 Å². The zero-order valence-electron chi connectivity index (χ0n) is 20.4. The first kappa shape index (κ1) is 25.1. The van der Waals surface area contributed by atoms with Crippen molar-refractivity contribution in [2.45, 2.75) is 19.5 Å². The number of aromatic nitrogens is 4. The molecule has 0 aliphatic carbocycles. The van der Waals surface area contributed by atoms with Gasteiger partial charge in [-0.3, -0.25) is 14.4 Å². The molecule has 0 spiro atoms. The number of amides is 3. The van der Waals surface area contributed by atoms with Crippen LogP contribution in [0.4, 0.5) is 0 Å². The van der Waals surface area contributed by atoms with Crippen molar-refractivity contribution in [3.63, 3.8) is 0 Å². The summed E-state index contributed by atoms with van der Waals surface area (Å²) in [6, 6.07) is 12.2. The number of hydrogen-bond acceptors (Lipinski definition) is 8. The normalized spacial score (nSPS) is 11.8. The van der Waals surface area contributed by atoms with E-state index in [0.29, 0.717) is 17.0 Å². The fourth-order valence-corrected chi connectivity index (χ4v) is 4.00. The fourth-order valence-electron chi connectivity index (χ4n) is 4.00. The summed E-state index contributed by atoms with van der Waals surface area (Å²) in [5.41, 5.74) is 8.00. The summed E-state index contributed by atoms with van der Waals surface area (Å²) in [4.78, 5) is 58.1. The summed E-state index contributed by atoms with van der Waals surface area (Å²) in [5, 5.41) is 18.5. The molecule has 0 aliphatic rings. The molecule has 0 bridgehead atoms. The first-order valence-electron chi connectivity index (χ1n) is 11.6. The van der Waals surface area contributed by atoms with E-state index < -0.39 is 29.7 Å². The molecule has 5 rings (SSSR count). The molecule has 2 aromatic carbocycles. The summed E-state index contributed by atoms with van der Waals surface area (Å²) >= 11 is 0. The van der Waals surface area contributed by atoms with Gasteiger partial charge >= 0.3 is 5.97 Å². The second-order valence-electron chi connectivity index (χ2n) is 8.58. The van der Waals surface area contributed by atoms with Crippen molar-refractivity contribution in [2.75, 3.05) is 0 Å². The van der Waals surface area contributed by atoms with Gasteiger partial charge in [-0.25, -0.2) is 19.3 Å². The highest BCUT2D eigenvalue weighted by Gasteiger charge is 2.24. The van der Waals surface area contributed by atoms with Crippen molar-refractivity contribution >= 4 is 40.4 Å². The van der Waals surface area contributed by atoms with E-state index in [1.165, 1.54) is 47.1 Å². The quantitative estimate of drug-likeness (QED) is 0.232. The van der Waals surface area contributed by atoms with Gasteiger partial charge < -0.3 is 25.9 Å². The van der Waals surface area contributed by atoms with Gasteiger partial charge in [0.1, 0.15) is 22.9 Å². The lowest BCUT2D eigenvalue weighted by Gasteiger charge is -2.17. The molecule has 0 unspecified atom stereocenters. The number of oxazole rings is 1. The van der Waals surface area contributed by atoms with Gasteiger partial charge in [-0.05, 0) is 35.4 Å². The van der Waals surface area contributed by atoms with E-state index >= 15 is 0 Å². The number of aromatic carboxylic acids is 1. The lowest BCUT2D eigenvalue weighted by atomic mass is 10.0. The lowest BCUT2D eigenvalue weighted by Crippen LogP contribution is -2.38. The molecule has 0 radical (unpaired) electrons. The Morgan fingerprint density at radius 2 is 1.79 bits per heavy atom. The summed E-state index contributed by atoms with van der Waals surface area (Å²) < 4.78 is 6.69. The predicted molar refractivity (Wildman–Crippen MR) is 136 cm³/mol. The lowest BCUT2D eigenvalue weighted by molar-refractivity contribution is -0.120. The van der Waals surface area contributed by atoms with Crippen LogP contribution in [0.3, 0.4) is 0 Å². The van der Waals surface area contributed by atoms with Crippen molar-refractivity contribution in [1.82, 2.24) is 30.2 Å². The minimum absolute atomic E-state index is 0.00685. The summed E-state index contributed by atoms with van der Waals surface area (Å²) in [7, 11) is 0. The Hall–Kier alpha value is -5.59. The van der Waals surface area contributed by atoms with Crippen LogP contribution in [0.25, 0.3) is 16.7 Å². The number of carboxylic acid groups (broad SMARTS) is 1. The van der Waals surface area contributed by atoms with Crippen LogP contribution >= 0.6 is 0 Å². The molecule has 3 amide bonds. The number of nitrogens with one attached hydrogen (secondary N) is 2. The Morgan fingerprint density at radius 1 is 1.03 bits per heavy atom. The van der Waals surface area contributed by atoms with Crippen LogP contribution in [-0.2, 0) is 11.3 Å². The smallest absolute Gasteiger partial charge is 0.335 e. The monoisotopic (exact) mass is 527 g/mol. The van der Waals surface area contributed by atoms with E-state index in [9.17, 15) is 19.2 Å². The minimum atomic E-state index is -1.27. The molecular weight excluding hydrogens is 506 g/mol. The maximum atomic E-state index is 13.3. The molecule has 196 valence electrons. The molecule has 1 atom stereocenters. The number of nitrogens with two attached hydrogens (primary N) is 1. The number of benzene rings is 2. The van der Waals surface area contributed by atoms with Crippen molar-refractivity contribution in [1.29, 1.82) is 0 Å². The first-order valence-corrected chi connectivity index (χ1v) is 11.6. The Morgan fingerprint density at radius 3 is 2.51 bits per heavy atom. The van der Waals surface area contributed by atoms with E-state index in [0.717, 1.165) is 5.56 Å². The third-order valence-corrected chi connectivity index (χ3v) is 5.89. The molecule has 13 nitrogen and oxygen atoms in total. The number of carbonyl (C=O) groups excluding carboxylic acids is 3. The number of nitrogens with zero attached hydrogens (tertiary/aromatic N) is 4. The summed E-state index contributed by atoms with van der Waals surface area (Å²) in [6.07, 6.45) is 1.41. The second kappa shape index (κ2) is 10.0. The first-order chi connectivity index (χ1) is 18.7. The average Bonchev–Trinajstić information content (AvgIpc) is 3.54. The SMILES string of the molecule is Cc1nc2cc(CNC(=O)c3cc(C(=O)N[C@@H](C(N)=O)c4ccc(C(=O)O)cc4)n4nccc4n3)ccc2o1. The van der Waals surface area contributed by atoms with Crippen LogP contribution in [-0.4, -0.2) is 48.4 Å². The van der Waals surface area contributed by atoms with Crippen molar-refractivity contribution < 1.29 is 28.7 Å². The number of primary amides is 1. The Kier molecular flexibility index (Phi) is 6.46. The molecule has 5 N–H and O–H groups in total. The maximum absolute atomic E-state index is 13.3. The van der Waals surface area contributed by atoms with Crippen LogP contribution in [0.5, 0.6) is 0 Å². The average molecular weight is 527 g/mol. The maximum Gasteiger partial charge on any atom is 0.335 e. The van der Waals surface area contributed by atoms with Gasteiger partial charge in [-0.2, -0.15) is 5.10 Å². The zero-order valence-corrected chi connectivity index (χ0v) is 20.4. The number of carboxylic acids is 1. The van der Waals surface area contributed by atoms with Gasteiger partial charge in [0.25, 0.3) is 11.8 Å². The fraction of sp³-hybridized carbons (Fsp3) is 0.115. The van der Waals surface area contributed by atoms with E-state index in [1.807, 2.05) is 0 Å². The standard InChI is InChI=1S/C26H21N7O6/c1-13-30-17-10-14(2-7-20(17)39-13)12-28-24(35)18-11-19(33-21(31-18)8-9-29-33)25(36)32-22(23(27)34)15-3-5-16(6-4-15)26(37)38/h2-11,22H,12H2,1H3,(H2,27,34)(H,28,35)(H,32,36)(H,37,38)/t22-/m1/s1. The largest absolute Gasteiger partial charge is 0.478 e. The summed E-state index contributed by atoms with van der Waals surface area (Å²) in [5.74, 6) is -2.77. The molecule has 0 saturated carbocycles. The highest BCUT2D eigenvalue weighted by molar-refractivity contribution is 6.00. The van der Waals surface area contributed by atoms with E-state index in [-0.39, 0.29) is 34.7 Å². The molecule has 3 aromatic heterocycles. The van der Waals surface area contributed by atoms with Crippen molar-refractivity contribution in [2.24, 2.45) is 5.73 Å². The molecule has 39 heavy (non-hydrogen) atoms. The highest BCUT2D eigenvalue weighted by atomic mass is 16.4. The Labute approximate surface area is 219 Å². The van der Waals surface area contributed by atoms with E-state index in [4.69, 9.17) is 15.3 Å². The van der Waals surface area contributed by atoms with Gasteiger partial charge in [0, 0.05) is 25.6 Å². The number of fused-ring (bicyclic) bond motifs is 2. The Bertz CT molecular complexity index is 1760. The molecule has 3 heterocycles. The summed E-state index contributed by atoms with van der Waals surface area (Å²) in [6.45, 7) is 1.92. The van der Waals surface area contributed by atoms with Crippen molar-refractivity contribution in [3.05, 3.63) is 94.8 Å². The number of rotatable bonds is 8. The predicted octanol–water partition coefficient (Wildman–Crippen LogP) is 1.76. The van der Waals surface area contributed by atoms with Gasteiger partial charge in [-0.1, -0.05) is 18.2 Å². The van der Waals surface area contributed by atoms with Crippen molar-refractivity contribution in [3.8, 4) is 0 Å². The third-order valence-electron chi connectivity index (χ3n) is 5.89. The third kappa shape index (κ3) is 5.13. The zero-order chi connectivity index (χ0) is 27.7. The molecule has 13 heteroatoms. The number of aryl methyl sites for hydroxylation is 1. The Balaban J connectivity index is 1.37. The highest BCUT2D eigenvalue weighted by Crippen LogP contribution is 2.18. The van der Waals surface area contributed by atoms with E-state index in [1.54, 1.807) is 25.1 Å². The molecule has 0 fully saturated rings.